The number of quaternary nitrogens is 1. The van der Waals surface area contributed by atoms with E-state index in [2.05, 4.69) is 50.3 Å². The van der Waals surface area contributed by atoms with Crippen LogP contribution in [0.2, 0.25) is 0 Å². The fraction of sp³-hybridized carbons (Fsp3) is 0.837. The second kappa shape index (κ2) is 41.6. The van der Waals surface area contributed by atoms with E-state index in [4.69, 9.17) is 18.5 Å². The number of hydrogen-bond acceptors (Lipinski definition) is 8. The van der Waals surface area contributed by atoms with E-state index in [0.717, 1.165) is 70.6 Å². The highest BCUT2D eigenvalue weighted by atomic mass is 31.2. The molecular formula is C49H92NO8P. The second-order valence-corrected chi connectivity index (χ2v) is 18.9. The lowest BCUT2D eigenvalue weighted by Gasteiger charge is -2.28. The van der Waals surface area contributed by atoms with Crippen LogP contribution in [0.25, 0.3) is 0 Å². The van der Waals surface area contributed by atoms with Crippen molar-refractivity contribution in [3.63, 3.8) is 0 Å². The Morgan fingerprint density at radius 1 is 0.525 bits per heavy atom. The molecule has 0 amide bonds. The van der Waals surface area contributed by atoms with Crippen LogP contribution in [0, 0.1) is 0 Å². The summed E-state index contributed by atoms with van der Waals surface area (Å²) < 4.78 is 33.9. The highest BCUT2D eigenvalue weighted by Gasteiger charge is 2.21. The number of allylic oxidation sites excluding steroid dienone is 6. The summed E-state index contributed by atoms with van der Waals surface area (Å²) in [4.78, 5) is 37.5. The molecule has 10 heteroatoms. The summed E-state index contributed by atoms with van der Waals surface area (Å²) in [6.45, 7) is 4.15. The predicted molar refractivity (Wildman–Crippen MR) is 245 cm³/mol. The molecule has 9 nitrogen and oxygen atoms in total. The van der Waals surface area contributed by atoms with Crippen molar-refractivity contribution in [1.82, 2.24) is 0 Å². The van der Waals surface area contributed by atoms with Crippen molar-refractivity contribution < 1.29 is 42.1 Å². The van der Waals surface area contributed by atoms with Gasteiger partial charge in [-0.05, 0) is 64.2 Å². The first kappa shape index (κ1) is 57.2. The molecule has 0 saturated heterocycles. The maximum atomic E-state index is 12.7. The van der Waals surface area contributed by atoms with Crippen LogP contribution in [0.15, 0.2) is 36.5 Å². The molecule has 346 valence electrons. The number of carbonyl (C=O) groups is 2. The molecule has 0 aromatic carbocycles. The van der Waals surface area contributed by atoms with Crippen LogP contribution in [-0.2, 0) is 32.7 Å². The van der Waals surface area contributed by atoms with Gasteiger partial charge in [-0.25, -0.2) is 0 Å². The molecule has 0 fully saturated rings. The SMILES string of the molecule is CCC/C=C\CCCCCCCC(=O)OCC(COP(=O)([O-])OCC[N+](C)(C)C)OC(=O)CCCCCCCCCCCCCCC/C=C\C/C=C\CCCCCCC. The van der Waals surface area contributed by atoms with Crippen molar-refractivity contribution in [3.05, 3.63) is 36.5 Å². The van der Waals surface area contributed by atoms with Crippen LogP contribution in [0.1, 0.15) is 213 Å². The zero-order valence-corrected chi connectivity index (χ0v) is 39.8. The Bertz CT molecular complexity index is 1100. The lowest BCUT2D eigenvalue weighted by atomic mass is 10.0. The van der Waals surface area contributed by atoms with Gasteiger partial charge in [0.15, 0.2) is 6.10 Å². The number of hydrogen-bond donors (Lipinski definition) is 0. The number of esters is 2. The van der Waals surface area contributed by atoms with Crippen LogP contribution in [0.5, 0.6) is 0 Å². The van der Waals surface area contributed by atoms with Crippen molar-refractivity contribution in [2.75, 3.05) is 47.5 Å². The highest BCUT2D eigenvalue weighted by molar-refractivity contribution is 7.45. The standard InChI is InChI=1S/C49H92NO8P/c1-6-8-10-12-14-16-18-19-20-21-22-23-24-25-26-27-28-29-30-31-32-34-36-38-40-42-49(52)58-47(46-57-59(53,54)56-44-43-50(3,4)5)45-55-48(51)41-39-37-35-33-17-15-13-11-9-7-2/h11,13,18-19,21-22,47H,6-10,12,14-17,20,23-46H2,1-5H3/b13-11-,19-18-,22-21-. The topological polar surface area (TPSA) is 111 Å². The summed E-state index contributed by atoms with van der Waals surface area (Å²) in [6.07, 6.45) is 47.6. The predicted octanol–water partition coefficient (Wildman–Crippen LogP) is 13.5. The van der Waals surface area contributed by atoms with Gasteiger partial charge < -0.3 is 27.9 Å². The van der Waals surface area contributed by atoms with Gasteiger partial charge in [0, 0.05) is 12.8 Å². The summed E-state index contributed by atoms with van der Waals surface area (Å²) in [7, 11) is 1.16. The highest BCUT2D eigenvalue weighted by Crippen LogP contribution is 2.38. The van der Waals surface area contributed by atoms with E-state index in [1.165, 1.54) is 109 Å². The molecule has 0 rings (SSSR count). The zero-order valence-electron chi connectivity index (χ0n) is 39.0. The lowest BCUT2D eigenvalue weighted by Crippen LogP contribution is -2.37. The summed E-state index contributed by atoms with van der Waals surface area (Å²) in [5, 5.41) is 0. The molecule has 0 aliphatic carbocycles. The minimum Gasteiger partial charge on any atom is -0.756 e. The van der Waals surface area contributed by atoms with E-state index >= 15 is 0 Å². The molecule has 2 atom stereocenters. The minimum absolute atomic E-state index is 0.0319. The van der Waals surface area contributed by atoms with Gasteiger partial charge in [-0.2, -0.15) is 0 Å². The second-order valence-electron chi connectivity index (χ2n) is 17.5. The molecule has 0 spiro atoms. The van der Waals surface area contributed by atoms with E-state index in [1.54, 1.807) is 0 Å². The Morgan fingerprint density at radius 3 is 1.42 bits per heavy atom. The lowest BCUT2D eigenvalue weighted by molar-refractivity contribution is -0.870. The van der Waals surface area contributed by atoms with Gasteiger partial charge in [0.25, 0.3) is 7.82 Å². The molecule has 0 bridgehead atoms. The van der Waals surface area contributed by atoms with Gasteiger partial charge in [0.1, 0.15) is 19.8 Å². The van der Waals surface area contributed by atoms with E-state index in [-0.39, 0.29) is 26.1 Å². The average Bonchev–Trinajstić information content (AvgIpc) is 3.19. The Hall–Kier alpha value is -1.77. The Balaban J connectivity index is 4.15. The molecule has 0 aromatic heterocycles. The molecule has 0 saturated carbocycles. The van der Waals surface area contributed by atoms with E-state index in [9.17, 15) is 19.0 Å². The fourth-order valence-corrected chi connectivity index (χ4v) is 7.30. The molecule has 0 aromatic rings. The van der Waals surface area contributed by atoms with Crippen LogP contribution >= 0.6 is 7.82 Å². The maximum absolute atomic E-state index is 12.7. The number of rotatable bonds is 44. The summed E-state index contributed by atoms with van der Waals surface area (Å²) in [6, 6.07) is 0. The fourth-order valence-electron chi connectivity index (χ4n) is 6.57. The van der Waals surface area contributed by atoms with Crippen molar-refractivity contribution in [1.29, 1.82) is 0 Å². The number of phosphoric acid groups is 1. The third-order valence-corrected chi connectivity index (χ3v) is 11.3. The van der Waals surface area contributed by atoms with Crippen molar-refractivity contribution in [3.8, 4) is 0 Å². The van der Waals surface area contributed by atoms with Crippen molar-refractivity contribution in [2.24, 2.45) is 0 Å². The number of nitrogens with zero attached hydrogens (tertiary/aromatic N) is 1. The van der Waals surface area contributed by atoms with Crippen LogP contribution in [0.3, 0.4) is 0 Å². The molecule has 2 unspecified atom stereocenters. The molecular weight excluding hydrogens is 762 g/mol. The smallest absolute Gasteiger partial charge is 0.306 e. The van der Waals surface area contributed by atoms with E-state index < -0.39 is 32.5 Å². The average molecular weight is 854 g/mol. The minimum atomic E-state index is -4.62. The molecule has 59 heavy (non-hydrogen) atoms. The normalized spacial score (nSPS) is 13.8. The van der Waals surface area contributed by atoms with Gasteiger partial charge in [-0.1, -0.05) is 172 Å². The number of ether oxygens (including phenoxy) is 2. The largest absolute Gasteiger partial charge is 0.756 e. The maximum Gasteiger partial charge on any atom is 0.306 e. The summed E-state index contributed by atoms with van der Waals surface area (Å²) in [5.41, 5.74) is 0. The third-order valence-electron chi connectivity index (χ3n) is 10.4. The van der Waals surface area contributed by atoms with Gasteiger partial charge in [-0.3, -0.25) is 14.2 Å². The van der Waals surface area contributed by atoms with Gasteiger partial charge >= 0.3 is 11.9 Å². The first-order chi connectivity index (χ1) is 28.5. The summed E-state index contributed by atoms with van der Waals surface area (Å²) >= 11 is 0. The quantitative estimate of drug-likeness (QED) is 0.0196. The number of unbranched alkanes of at least 4 members (excludes halogenated alkanes) is 24. The molecule has 0 aliphatic heterocycles. The third kappa shape index (κ3) is 45.6. The monoisotopic (exact) mass is 854 g/mol. The molecule has 0 aliphatic rings. The van der Waals surface area contributed by atoms with E-state index in [0.29, 0.717) is 17.4 Å². The summed E-state index contributed by atoms with van der Waals surface area (Å²) in [5.74, 6) is -0.844. The van der Waals surface area contributed by atoms with Crippen LogP contribution in [0.4, 0.5) is 0 Å². The van der Waals surface area contributed by atoms with Gasteiger partial charge in [0.05, 0.1) is 27.7 Å². The Morgan fingerprint density at radius 2 is 0.949 bits per heavy atom. The number of likely N-dealkylation sites (N-methyl/N-ethyl adjacent to an activating group) is 1. The van der Waals surface area contributed by atoms with Gasteiger partial charge in [0.2, 0.25) is 0 Å². The van der Waals surface area contributed by atoms with Crippen molar-refractivity contribution >= 4 is 19.8 Å². The molecule has 0 heterocycles. The first-order valence-corrected chi connectivity index (χ1v) is 25.7. The first-order valence-electron chi connectivity index (χ1n) is 24.2. The number of carbonyl (C=O) groups excluding carboxylic acids is 2. The Kier molecular flexibility index (Phi) is 40.3. The van der Waals surface area contributed by atoms with E-state index in [1.807, 2.05) is 21.1 Å². The Labute approximate surface area is 363 Å². The van der Waals surface area contributed by atoms with Crippen LogP contribution < -0.4 is 4.89 Å². The van der Waals surface area contributed by atoms with Crippen LogP contribution in [-0.4, -0.2) is 70.0 Å². The molecule has 0 radical (unpaired) electrons. The van der Waals surface area contributed by atoms with Gasteiger partial charge in [-0.15, -0.1) is 0 Å². The number of phosphoric ester groups is 1. The zero-order chi connectivity index (χ0) is 43.6. The molecule has 0 N–H and O–H groups in total. The van der Waals surface area contributed by atoms with Crippen molar-refractivity contribution in [2.45, 2.75) is 219 Å².